The van der Waals surface area contributed by atoms with Crippen LogP contribution in [0.5, 0.6) is 0 Å². The lowest BCUT2D eigenvalue weighted by atomic mass is 9.93. The highest BCUT2D eigenvalue weighted by Gasteiger charge is 2.44. The van der Waals surface area contributed by atoms with Crippen molar-refractivity contribution in [2.45, 2.75) is 53.0 Å². The maximum absolute atomic E-state index is 14.1. The fourth-order valence-electron chi connectivity index (χ4n) is 5.15. The summed E-state index contributed by atoms with van der Waals surface area (Å²) in [5.41, 5.74) is 9.08. The molecule has 4 nitrogen and oxygen atoms in total. The van der Waals surface area contributed by atoms with Gasteiger partial charge in [0.1, 0.15) is 5.82 Å². The monoisotopic (exact) mass is 437 g/mol. The minimum absolute atomic E-state index is 0.0727. The van der Waals surface area contributed by atoms with Crippen molar-refractivity contribution in [2.75, 3.05) is 6.54 Å². The van der Waals surface area contributed by atoms with E-state index in [4.69, 9.17) is 4.98 Å². The molecule has 0 spiro atoms. The lowest BCUT2D eigenvalue weighted by molar-refractivity contribution is 0.0606. The number of benzene rings is 3. The fraction of sp³-hybridized carbons (Fsp3) is 0.310. The van der Waals surface area contributed by atoms with Crippen LogP contribution >= 0.6 is 0 Å². The van der Waals surface area contributed by atoms with E-state index in [-0.39, 0.29) is 5.91 Å². The second kappa shape index (κ2) is 7.87. The van der Waals surface area contributed by atoms with E-state index in [0.717, 1.165) is 58.5 Å². The molecule has 0 radical (unpaired) electrons. The molecule has 1 N–H and O–H groups in total. The predicted octanol–water partition coefficient (Wildman–Crippen LogP) is 6.61. The standard InChI is InChI=1S/C29H31N3O/c1-18-8-6-9-22(16-18)23-12-10-19(2)17-24(23)27(33)32-15-7-14-29(32,5)28-30-25-13-11-20(3)21(4)26(25)31-28/h6,8-13,16-17H,7,14-15H2,1-5H3,(H,30,31). The third kappa shape index (κ3) is 3.54. The number of imidazole rings is 1. The highest BCUT2D eigenvalue weighted by Crippen LogP contribution is 2.40. The smallest absolute Gasteiger partial charge is 0.255 e. The van der Waals surface area contributed by atoms with E-state index in [1.165, 1.54) is 16.7 Å². The first-order valence-electron chi connectivity index (χ1n) is 11.7. The van der Waals surface area contributed by atoms with Crippen molar-refractivity contribution in [3.05, 3.63) is 88.2 Å². The van der Waals surface area contributed by atoms with Gasteiger partial charge >= 0.3 is 0 Å². The SMILES string of the molecule is Cc1cccc(-c2ccc(C)cc2C(=O)N2CCCC2(C)c2nc3c(C)c(C)ccc3[nH]2)c1. The van der Waals surface area contributed by atoms with Gasteiger partial charge < -0.3 is 9.88 Å². The van der Waals surface area contributed by atoms with Gasteiger partial charge in [-0.05, 0) is 81.8 Å². The molecule has 168 valence electrons. The lowest BCUT2D eigenvalue weighted by Crippen LogP contribution is -2.43. The number of aromatic nitrogens is 2. The first-order valence-corrected chi connectivity index (χ1v) is 11.7. The summed E-state index contributed by atoms with van der Waals surface area (Å²) in [4.78, 5) is 24.7. The Morgan fingerprint density at radius 2 is 1.79 bits per heavy atom. The number of nitrogens with zero attached hydrogens (tertiary/aromatic N) is 2. The van der Waals surface area contributed by atoms with E-state index in [1.807, 2.05) is 17.9 Å². The molecule has 1 amide bonds. The van der Waals surface area contributed by atoms with Crippen molar-refractivity contribution < 1.29 is 4.79 Å². The van der Waals surface area contributed by atoms with Gasteiger partial charge in [-0.2, -0.15) is 0 Å². The maximum atomic E-state index is 14.1. The molecule has 1 aromatic heterocycles. The third-order valence-corrected chi connectivity index (χ3v) is 7.31. The van der Waals surface area contributed by atoms with E-state index in [9.17, 15) is 4.79 Å². The molecule has 0 saturated carbocycles. The molecule has 3 aromatic carbocycles. The number of aryl methyl sites for hydroxylation is 4. The number of carbonyl (C=O) groups excluding carboxylic acids is 1. The fourth-order valence-corrected chi connectivity index (χ4v) is 5.15. The second-order valence-electron chi connectivity index (χ2n) is 9.74. The number of nitrogens with one attached hydrogen (secondary N) is 1. The van der Waals surface area contributed by atoms with Crippen molar-refractivity contribution in [2.24, 2.45) is 0 Å². The molecule has 1 unspecified atom stereocenters. The molecule has 2 heterocycles. The van der Waals surface area contributed by atoms with Gasteiger partial charge in [-0.25, -0.2) is 4.98 Å². The van der Waals surface area contributed by atoms with Crippen molar-refractivity contribution >= 4 is 16.9 Å². The van der Waals surface area contributed by atoms with Crippen LogP contribution in [0.15, 0.2) is 54.6 Å². The Hall–Kier alpha value is -3.40. The number of amides is 1. The molecule has 1 saturated heterocycles. The first-order chi connectivity index (χ1) is 15.8. The average molecular weight is 438 g/mol. The molecule has 5 rings (SSSR count). The number of H-pyrrole nitrogens is 1. The van der Waals surface area contributed by atoms with Gasteiger partial charge in [0.05, 0.1) is 16.6 Å². The summed E-state index contributed by atoms with van der Waals surface area (Å²) in [6, 6.07) is 18.8. The normalized spacial score (nSPS) is 18.3. The van der Waals surface area contributed by atoms with Crippen LogP contribution in [0.3, 0.4) is 0 Å². The minimum Gasteiger partial charge on any atom is -0.340 e. The van der Waals surface area contributed by atoms with Crippen LogP contribution in [0.25, 0.3) is 22.2 Å². The number of carbonyl (C=O) groups is 1. The van der Waals surface area contributed by atoms with E-state index >= 15 is 0 Å². The predicted molar refractivity (Wildman–Crippen MR) is 135 cm³/mol. The molecule has 1 aliphatic heterocycles. The number of aromatic amines is 1. The molecular weight excluding hydrogens is 406 g/mol. The largest absolute Gasteiger partial charge is 0.340 e. The topological polar surface area (TPSA) is 49.0 Å². The van der Waals surface area contributed by atoms with Gasteiger partial charge in [-0.3, -0.25) is 4.79 Å². The van der Waals surface area contributed by atoms with Crippen LogP contribution in [-0.4, -0.2) is 27.3 Å². The summed E-state index contributed by atoms with van der Waals surface area (Å²) in [6.07, 6.45) is 1.85. The molecule has 0 aliphatic carbocycles. The van der Waals surface area contributed by atoms with Crippen LogP contribution in [0.2, 0.25) is 0 Å². The minimum atomic E-state index is -0.468. The third-order valence-electron chi connectivity index (χ3n) is 7.31. The molecule has 1 aliphatic rings. The van der Waals surface area contributed by atoms with Crippen LogP contribution in [-0.2, 0) is 5.54 Å². The highest BCUT2D eigenvalue weighted by atomic mass is 16.2. The van der Waals surface area contributed by atoms with Gasteiger partial charge in [0.2, 0.25) is 0 Å². The Morgan fingerprint density at radius 1 is 1.00 bits per heavy atom. The summed E-state index contributed by atoms with van der Waals surface area (Å²) < 4.78 is 0. The number of hydrogen-bond donors (Lipinski definition) is 1. The summed E-state index contributed by atoms with van der Waals surface area (Å²) in [5.74, 6) is 0.949. The maximum Gasteiger partial charge on any atom is 0.255 e. The number of hydrogen-bond acceptors (Lipinski definition) is 2. The number of rotatable bonds is 3. The van der Waals surface area contributed by atoms with Crippen LogP contribution < -0.4 is 0 Å². The summed E-state index contributed by atoms with van der Waals surface area (Å²) in [6.45, 7) is 11.2. The molecule has 4 aromatic rings. The van der Waals surface area contributed by atoms with Crippen molar-refractivity contribution in [3.8, 4) is 11.1 Å². The van der Waals surface area contributed by atoms with Gasteiger partial charge in [-0.1, -0.05) is 53.6 Å². The molecule has 1 atom stereocenters. The average Bonchev–Trinajstić information content (AvgIpc) is 3.41. The summed E-state index contributed by atoms with van der Waals surface area (Å²) in [7, 11) is 0. The zero-order valence-corrected chi connectivity index (χ0v) is 20.1. The van der Waals surface area contributed by atoms with Crippen LogP contribution in [0.1, 0.15) is 58.2 Å². The Bertz CT molecular complexity index is 1380. The zero-order valence-electron chi connectivity index (χ0n) is 20.1. The van der Waals surface area contributed by atoms with Gasteiger partial charge in [0, 0.05) is 12.1 Å². The summed E-state index contributed by atoms with van der Waals surface area (Å²) in [5, 5.41) is 0. The van der Waals surface area contributed by atoms with Gasteiger partial charge in [0.15, 0.2) is 0 Å². The highest BCUT2D eigenvalue weighted by molar-refractivity contribution is 6.01. The van der Waals surface area contributed by atoms with Crippen LogP contribution in [0, 0.1) is 27.7 Å². The van der Waals surface area contributed by atoms with Crippen molar-refractivity contribution in [1.29, 1.82) is 0 Å². The Morgan fingerprint density at radius 3 is 2.58 bits per heavy atom. The van der Waals surface area contributed by atoms with Crippen molar-refractivity contribution in [3.63, 3.8) is 0 Å². The van der Waals surface area contributed by atoms with Crippen LogP contribution in [0.4, 0.5) is 0 Å². The number of likely N-dealkylation sites (tertiary alicyclic amines) is 1. The zero-order chi connectivity index (χ0) is 23.3. The lowest BCUT2D eigenvalue weighted by Gasteiger charge is -2.34. The van der Waals surface area contributed by atoms with E-state index < -0.39 is 5.54 Å². The molecule has 33 heavy (non-hydrogen) atoms. The molecule has 4 heteroatoms. The van der Waals surface area contributed by atoms with Gasteiger partial charge in [0.25, 0.3) is 5.91 Å². The van der Waals surface area contributed by atoms with E-state index in [2.05, 4.69) is 81.2 Å². The molecule has 1 fully saturated rings. The first kappa shape index (κ1) is 21.4. The Kier molecular flexibility index (Phi) is 5.12. The molecular formula is C29H31N3O. The van der Waals surface area contributed by atoms with Crippen molar-refractivity contribution in [1.82, 2.24) is 14.9 Å². The second-order valence-corrected chi connectivity index (χ2v) is 9.74. The summed E-state index contributed by atoms with van der Waals surface area (Å²) >= 11 is 0. The Balaban J connectivity index is 1.59. The molecule has 0 bridgehead atoms. The van der Waals surface area contributed by atoms with Gasteiger partial charge in [-0.15, -0.1) is 0 Å². The Labute approximate surface area is 195 Å². The van der Waals surface area contributed by atoms with E-state index in [1.54, 1.807) is 0 Å². The number of fused-ring (bicyclic) bond motifs is 1. The quantitative estimate of drug-likeness (QED) is 0.392. The van der Waals surface area contributed by atoms with E-state index in [0.29, 0.717) is 0 Å².